The quantitative estimate of drug-likeness (QED) is 0.750. The van der Waals surface area contributed by atoms with Crippen LogP contribution in [0.2, 0.25) is 0 Å². The average molecular weight is 246 g/mol. The van der Waals surface area contributed by atoms with E-state index in [1.54, 1.807) is 0 Å². The summed E-state index contributed by atoms with van der Waals surface area (Å²) in [6.07, 6.45) is 6.26. The van der Waals surface area contributed by atoms with E-state index in [1.165, 1.54) is 44.5 Å². The van der Waals surface area contributed by atoms with Crippen LogP contribution in [0.1, 0.15) is 53.5 Å². The van der Waals surface area contributed by atoms with Crippen LogP contribution in [0.15, 0.2) is 6.07 Å². The molecule has 3 heterocycles. The van der Waals surface area contributed by atoms with Crippen molar-refractivity contribution in [3.8, 4) is 0 Å². The van der Waals surface area contributed by atoms with E-state index in [0.717, 1.165) is 17.5 Å². The predicted molar refractivity (Wildman–Crippen MR) is 72.2 cm³/mol. The van der Waals surface area contributed by atoms with Gasteiger partial charge in [-0.1, -0.05) is 6.42 Å². The third kappa shape index (κ3) is 1.72. The van der Waals surface area contributed by atoms with Crippen LogP contribution in [0.25, 0.3) is 0 Å². The van der Waals surface area contributed by atoms with Crippen LogP contribution in [0.3, 0.4) is 0 Å². The van der Waals surface area contributed by atoms with E-state index >= 15 is 0 Å². The van der Waals surface area contributed by atoms with E-state index in [9.17, 15) is 4.79 Å². The van der Waals surface area contributed by atoms with Gasteiger partial charge in [0.25, 0.3) is 0 Å². The molecule has 0 N–H and O–H groups in total. The number of fused-ring (bicyclic) bond motifs is 1. The molecule has 0 aromatic carbocycles. The summed E-state index contributed by atoms with van der Waals surface area (Å²) >= 11 is 0. The Bertz CT molecular complexity index is 463. The SMILES string of the molecule is Cc1cc(C=O)c(C)n1C1CCN2CCCCC12. The Morgan fingerprint density at radius 1 is 1.17 bits per heavy atom. The van der Waals surface area contributed by atoms with Crippen LogP contribution in [-0.4, -0.2) is 34.9 Å². The van der Waals surface area contributed by atoms with Gasteiger partial charge < -0.3 is 4.57 Å². The second-order valence-corrected chi connectivity index (χ2v) is 5.77. The largest absolute Gasteiger partial charge is 0.344 e. The summed E-state index contributed by atoms with van der Waals surface area (Å²) < 4.78 is 2.42. The van der Waals surface area contributed by atoms with Gasteiger partial charge in [0.2, 0.25) is 0 Å². The second kappa shape index (κ2) is 4.54. The van der Waals surface area contributed by atoms with Gasteiger partial charge in [0.1, 0.15) is 0 Å². The summed E-state index contributed by atoms with van der Waals surface area (Å²) in [6.45, 7) is 6.71. The monoisotopic (exact) mass is 246 g/mol. The number of nitrogens with zero attached hydrogens (tertiary/aromatic N) is 2. The highest BCUT2D eigenvalue weighted by molar-refractivity contribution is 5.77. The molecule has 98 valence electrons. The van der Waals surface area contributed by atoms with Crippen molar-refractivity contribution in [3.05, 3.63) is 23.0 Å². The topological polar surface area (TPSA) is 25.2 Å². The number of piperidine rings is 1. The average Bonchev–Trinajstić information content (AvgIpc) is 2.91. The molecule has 2 aliphatic heterocycles. The maximum Gasteiger partial charge on any atom is 0.151 e. The first-order chi connectivity index (χ1) is 8.72. The number of aromatic nitrogens is 1. The van der Waals surface area contributed by atoms with Crippen LogP contribution in [0.5, 0.6) is 0 Å². The summed E-state index contributed by atoms with van der Waals surface area (Å²) in [5, 5.41) is 0. The number of carbonyl (C=O) groups is 1. The van der Waals surface area contributed by atoms with Gasteiger partial charge in [-0.3, -0.25) is 9.69 Å². The molecule has 3 heteroatoms. The number of aryl methyl sites for hydroxylation is 1. The lowest BCUT2D eigenvalue weighted by Crippen LogP contribution is -2.38. The van der Waals surface area contributed by atoms with Crippen molar-refractivity contribution in [2.45, 2.75) is 51.6 Å². The number of rotatable bonds is 2. The maximum atomic E-state index is 11.1. The molecular weight excluding hydrogens is 224 g/mol. The smallest absolute Gasteiger partial charge is 0.151 e. The van der Waals surface area contributed by atoms with Gasteiger partial charge in [-0.05, 0) is 45.7 Å². The fourth-order valence-electron chi connectivity index (χ4n) is 3.95. The minimum atomic E-state index is 0.582. The fourth-order valence-corrected chi connectivity index (χ4v) is 3.95. The standard InChI is InChI=1S/C15H22N2O/c1-11-9-13(10-18)12(2)17(11)15-6-8-16-7-4-3-5-14(15)16/h9-10,14-15H,3-8H2,1-2H3. The molecule has 0 aliphatic carbocycles. The first-order valence-corrected chi connectivity index (χ1v) is 7.10. The maximum absolute atomic E-state index is 11.1. The summed E-state index contributed by atoms with van der Waals surface area (Å²) in [5.41, 5.74) is 3.26. The second-order valence-electron chi connectivity index (χ2n) is 5.77. The summed E-state index contributed by atoms with van der Waals surface area (Å²) in [6, 6.07) is 3.32. The number of hydrogen-bond donors (Lipinski definition) is 0. The summed E-state index contributed by atoms with van der Waals surface area (Å²) in [4.78, 5) is 13.7. The van der Waals surface area contributed by atoms with E-state index in [2.05, 4.69) is 23.3 Å². The minimum Gasteiger partial charge on any atom is -0.344 e. The molecule has 1 aromatic rings. The Kier molecular flexibility index (Phi) is 3.02. The number of hydrogen-bond acceptors (Lipinski definition) is 2. The van der Waals surface area contributed by atoms with Crippen LogP contribution in [-0.2, 0) is 0 Å². The molecule has 2 saturated heterocycles. The molecule has 0 bridgehead atoms. The third-order valence-electron chi connectivity index (χ3n) is 4.80. The van der Waals surface area contributed by atoms with Gasteiger partial charge in [-0.2, -0.15) is 0 Å². The fraction of sp³-hybridized carbons (Fsp3) is 0.667. The normalized spacial score (nSPS) is 28.3. The van der Waals surface area contributed by atoms with Crippen molar-refractivity contribution >= 4 is 6.29 Å². The summed E-state index contributed by atoms with van der Waals surface area (Å²) in [5.74, 6) is 0. The van der Waals surface area contributed by atoms with Crippen LogP contribution < -0.4 is 0 Å². The van der Waals surface area contributed by atoms with E-state index in [1.807, 2.05) is 6.07 Å². The van der Waals surface area contributed by atoms with Gasteiger partial charge in [-0.15, -0.1) is 0 Å². The first-order valence-electron chi connectivity index (χ1n) is 7.10. The van der Waals surface area contributed by atoms with E-state index in [4.69, 9.17) is 0 Å². The molecule has 0 spiro atoms. The van der Waals surface area contributed by atoms with Crippen LogP contribution >= 0.6 is 0 Å². The lowest BCUT2D eigenvalue weighted by atomic mass is 9.98. The van der Waals surface area contributed by atoms with Crippen molar-refractivity contribution in [3.63, 3.8) is 0 Å². The molecule has 1 aromatic heterocycles. The lowest BCUT2D eigenvalue weighted by Gasteiger charge is -2.34. The number of aldehydes is 1. The molecule has 0 amide bonds. The molecule has 3 rings (SSSR count). The van der Waals surface area contributed by atoms with Crippen molar-refractivity contribution in [1.29, 1.82) is 0 Å². The van der Waals surface area contributed by atoms with Gasteiger partial charge in [0.15, 0.2) is 6.29 Å². The van der Waals surface area contributed by atoms with Gasteiger partial charge >= 0.3 is 0 Å². The van der Waals surface area contributed by atoms with Gasteiger partial charge in [0.05, 0.1) is 6.04 Å². The van der Waals surface area contributed by atoms with E-state index < -0.39 is 0 Å². The molecule has 0 radical (unpaired) electrons. The molecule has 2 aliphatic rings. The van der Waals surface area contributed by atoms with E-state index in [-0.39, 0.29) is 0 Å². The van der Waals surface area contributed by atoms with Gasteiger partial charge in [0, 0.05) is 29.5 Å². The molecule has 0 saturated carbocycles. The van der Waals surface area contributed by atoms with Crippen molar-refractivity contribution in [1.82, 2.24) is 9.47 Å². The Morgan fingerprint density at radius 2 is 2.00 bits per heavy atom. The van der Waals surface area contributed by atoms with Crippen molar-refractivity contribution < 1.29 is 4.79 Å². The zero-order chi connectivity index (χ0) is 12.7. The highest BCUT2D eigenvalue weighted by Gasteiger charge is 2.37. The van der Waals surface area contributed by atoms with E-state index in [0.29, 0.717) is 12.1 Å². The number of carbonyl (C=O) groups excluding carboxylic acids is 1. The third-order valence-corrected chi connectivity index (χ3v) is 4.80. The molecule has 2 unspecified atom stereocenters. The predicted octanol–water partition coefficient (Wildman–Crippen LogP) is 2.72. The Morgan fingerprint density at radius 3 is 2.72 bits per heavy atom. The van der Waals surface area contributed by atoms with Gasteiger partial charge in [-0.25, -0.2) is 0 Å². The Hall–Kier alpha value is -1.09. The first kappa shape index (κ1) is 12.0. The Labute approximate surface area is 109 Å². The minimum absolute atomic E-state index is 0.582. The highest BCUT2D eigenvalue weighted by atomic mass is 16.1. The summed E-state index contributed by atoms with van der Waals surface area (Å²) in [7, 11) is 0. The molecule has 3 nitrogen and oxygen atoms in total. The van der Waals surface area contributed by atoms with Crippen LogP contribution in [0, 0.1) is 13.8 Å². The Balaban J connectivity index is 1.95. The van der Waals surface area contributed by atoms with Crippen LogP contribution in [0.4, 0.5) is 0 Å². The zero-order valence-corrected chi connectivity index (χ0v) is 11.4. The molecule has 2 atom stereocenters. The molecule has 2 fully saturated rings. The zero-order valence-electron chi connectivity index (χ0n) is 11.4. The highest BCUT2D eigenvalue weighted by Crippen LogP contribution is 2.37. The molecule has 18 heavy (non-hydrogen) atoms. The lowest BCUT2D eigenvalue weighted by molar-refractivity contribution is 0.112. The molecular formula is C15H22N2O. The van der Waals surface area contributed by atoms with Crippen molar-refractivity contribution in [2.24, 2.45) is 0 Å². The van der Waals surface area contributed by atoms with Crippen molar-refractivity contribution in [2.75, 3.05) is 13.1 Å².